The quantitative estimate of drug-likeness (QED) is 0.414. The van der Waals surface area contributed by atoms with E-state index in [1.54, 1.807) is 24.3 Å². The molecule has 0 radical (unpaired) electrons. The Morgan fingerprint density at radius 1 is 1.09 bits per heavy atom. The summed E-state index contributed by atoms with van der Waals surface area (Å²) < 4.78 is 5.34. The van der Waals surface area contributed by atoms with Crippen molar-refractivity contribution in [1.82, 2.24) is 0 Å². The standard InChI is InChI=1S/C14H20N2O6/c1-7(18)15-8-2-4-9(5-3-8)16-14-13(21)12(20)11(19)10(6-17)22-14/h2-5,10-14,16-17,19-21H,6H2,1H3,(H,15,18)/t10-,11-,12-,13+,14+/m1/s1. The van der Waals surface area contributed by atoms with Crippen LogP contribution in [0.3, 0.4) is 0 Å². The molecule has 2 rings (SSSR count). The fourth-order valence-corrected chi connectivity index (χ4v) is 2.24. The van der Waals surface area contributed by atoms with Crippen LogP contribution in [0, 0.1) is 0 Å². The van der Waals surface area contributed by atoms with Gasteiger partial charge in [0.05, 0.1) is 6.61 Å². The van der Waals surface area contributed by atoms with Crippen LogP contribution in [-0.4, -0.2) is 63.6 Å². The van der Waals surface area contributed by atoms with E-state index >= 15 is 0 Å². The molecule has 0 unspecified atom stereocenters. The maximum absolute atomic E-state index is 10.9. The van der Waals surface area contributed by atoms with Crippen molar-refractivity contribution in [3.05, 3.63) is 24.3 Å². The Kier molecular flexibility index (Phi) is 5.33. The molecule has 8 heteroatoms. The number of rotatable bonds is 4. The first kappa shape index (κ1) is 16.7. The second-order valence-corrected chi connectivity index (χ2v) is 5.15. The number of aliphatic hydroxyl groups excluding tert-OH is 4. The molecular formula is C14H20N2O6. The molecule has 5 atom stereocenters. The molecule has 8 nitrogen and oxygen atoms in total. The van der Waals surface area contributed by atoms with E-state index in [2.05, 4.69) is 10.6 Å². The highest BCUT2D eigenvalue weighted by Crippen LogP contribution is 2.23. The first-order chi connectivity index (χ1) is 10.4. The minimum absolute atomic E-state index is 0.186. The monoisotopic (exact) mass is 312 g/mol. The number of aliphatic hydroxyl groups is 4. The summed E-state index contributed by atoms with van der Waals surface area (Å²) >= 11 is 0. The van der Waals surface area contributed by atoms with Crippen molar-refractivity contribution in [2.45, 2.75) is 37.6 Å². The number of nitrogens with one attached hydrogen (secondary N) is 2. The highest BCUT2D eigenvalue weighted by Gasteiger charge is 2.43. The van der Waals surface area contributed by atoms with Gasteiger partial charge in [-0.25, -0.2) is 0 Å². The SMILES string of the molecule is CC(=O)Nc1ccc(N[C@H]2O[C@H](CO)[C@@H](O)[C@@H](O)[C@@H]2O)cc1. The second-order valence-electron chi connectivity index (χ2n) is 5.15. The molecule has 22 heavy (non-hydrogen) atoms. The largest absolute Gasteiger partial charge is 0.394 e. The Labute approximate surface area is 127 Å². The lowest BCUT2D eigenvalue weighted by Gasteiger charge is -2.40. The molecule has 0 spiro atoms. The van der Waals surface area contributed by atoms with E-state index in [-0.39, 0.29) is 5.91 Å². The van der Waals surface area contributed by atoms with Crippen molar-refractivity contribution >= 4 is 17.3 Å². The first-order valence-electron chi connectivity index (χ1n) is 6.87. The summed E-state index contributed by atoms with van der Waals surface area (Å²) in [6.45, 7) is 0.921. The summed E-state index contributed by atoms with van der Waals surface area (Å²) in [6.07, 6.45) is -6.12. The van der Waals surface area contributed by atoms with Crippen LogP contribution in [0.15, 0.2) is 24.3 Å². The minimum atomic E-state index is -1.43. The van der Waals surface area contributed by atoms with E-state index < -0.39 is 37.3 Å². The zero-order valence-corrected chi connectivity index (χ0v) is 12.0. The molecule has 1 saturated heterocycles. The number of benzene rings is 1. The van der Waals surface area contributed by atoms with Crippen LogP contribution >= 0.6 is 0 Å². The average Bonchev–Trinajstić information content (AvgIpc) is 2.49. The fourth-order valence-electron chi connectivity index (χ4n) is 2.24. The lowest BCUT2D eigenvalue weighted by atomic mass is 9.98. The molecule has 6 N–H and O–H groups in total. The van der Waals surface area contributed by atoms with Gasteiger partial charge in [0.1, 0.15) is 24.4 Å². The van der Waals surface area contributed by atoms with Crippen molar-refractivity contribution in [1.29, 1.82) is 0 Å². The van der Waals surface area contributed by atoms with Crippen molar-refractivity contribution < 1.29 is 30.0 Å². The van der Waals surface area contributed by atoms with Gasteiger partial charge in [-0.05, 0) is 24.3 Å². The molecule has 1 heterocycles. The summed E-state index contributed by atoms with van der Waals surface area (Å²) in [5, 5.41) is 43.9. The number of carbonyl (C=O) groups excluding carboxylic acids is 1. The molecule has 122 valence electrons. The average molecular weight is 312 g/mol. The van der Waals surface area contributed by atoms with Gasteiger partial charge in [-0.2, -0.15) is 0 Å². The van der Waals surface area contributed by atoms with Crippen molar-refractivity contribution in [3.63, 3.8) is 0 Å². The van der Waals surface area contributed by atoms with Crippen molar-refractivity contribution in [3.8, 4) is 0 Å². The fraction of sp³-hybridized carbons (Fsp3) is 0.500. The zero-order chi connectivity index (χ0) is 16.3. The van der Waals surface area contributed by atoms with Gasteiger partial charge in [0.15, 0.2) is 6.23 Å². The van der Waals surface area contributed by atoms with E-state index in [4.69, 9.17) is 9.84 Å². The van der Waals surface area contributed by atoms with E-state index in [9.17, 15) is 20.1 Å². The van der Waals surface area contributed by atoms with Crippen LogP contribution in [-0.2, 0) is 9.53 Å². The zero-order valence-electron chi connectivity index (χ0n) is 12.0. The maximum Gasteiger partial charge on any atom is 0.221 e. The number of anilines is 2. The van der Waals surface area contributed by atoms with E-state index in [0.717, 1.165) is 0 Å². The molecular weight excluding hydrogens is 292 g/mol. The lowest BCUT2D eigenvalue weighted by molar-refractivity contribution is -0.221. The predicted molar refractivity (Wildman–Crippen MR) is 78.1 cm³/mol. The third kappa shape index (κ3) is 3.73. The Bertz CT molecular complexity index is 507. The molecule has 1 aliphatic heterocycles. The van der Waals surface area contributed by atoms with Gasteiger partial charge in [-0.3, -0.25) is 4.79 Å². The van der Waals surface area contributed by atoms with Gasteiger partial charge in [0.2, 0.25) is 5.91 Å². The molecule has 1 fully saturated rings. The van der Waals surface area contributed by atoms with E-state index in [1.165, 1.54) is 6.92 Å². The lowest BCUT2D eigenvalue weighted by Crippen LogP contribution is -2.60. The molecule has 0 aromatic heterocycles. The van der Waals surface area contributed by atoms with Crippen LogP contribution in [0.1, 0.15) is 6.92 Å². The molecule has 0 bridgehead atoms. The number of carbonyl (C=O) groups is 1. The molecule has 1 aromatic carbocycles. The van der Waals surface area contributed by atoms with Gasteiger partial charge < -0.3 is 35.8 Å². The van der Waals surface area contributed by atoms with Crippen LogP contribution in [0.5, 0.6) is 0 Å². The number of hydrogen-bond donors (Lipinski definition) is 6. The van der Waals surface area contributed by atoms with Gasteiger partial charge in [-0.1, -0.05) is 0 Å². The Morgan fingerprint density at radius 2 is 1.68 bits per heavy atom. The third-order valence-electron chi connectivity index (χ3n) is 3.41. The maximum atomic E-state index is 10.9. The topological polar surface area (TPSA) is 131 Å². The summed E-state index contributed by atoms with van der Waals surface area (Å²) in [5.74, 6) is -0.186. The summed E-state index contributed by atoms with van der Waals surface area (Å²) in [4.78, 5) is 10.9. The number of ether oxygens (including phenoxy) is 1. The van der Waals surface area contributed by atoms with Gasteiger partial charge in [0, 0.05) is 18.3 Å². The van der Waals surface area contributed by atoms with E-state index in [0.29, 0.717) is 11.4 Å². The van der Waals surface area contributed by atoms with Gasteiger partial charge >= 0.3 is 0 Å². The van der Waals surface area contributed by atoms with Crippen LogP contribution in [0.4, 0.5) is 11.4 Å². The Balaban J connectivity index is 2.04. The smallest absolute Gasteiger partial charge is 0.221 e. The summed E-state index contributed by atoms with van der Waals surface area (Å²) in [5.41, 5.74) is 1.20. The van der Waals surface area contributed by atoms with Gasteiger partial charge in [0.25, 0.3) is 0 Å². The van der Waals surface area contributed by atoms with Crippen molar-refractivity contribution in [2.24, 2.45) is 0 Å². The van der Waals surface area contributed by atoms with Gasteiger partial charge in [-0.15, -0.1) is 0 Å². The highest BCUT2D eigenvalue weighted by atomic mass is 16.6. The minimum Gasteiger partial charge on any atom is -0.394 e. The number of hydrogen-bond acceptors (Lipinski definition) is 7. The molecule has 0 saturated carbocycles. The van der Waals surface area contributed by atoms with Crippen LogP contribution < -0.4 is 10.6 Å². The normalized spacial score (nSPS) is 31.6. The predicted octanol–water partition coefficient (Wildman–Crippen LogP) is -1.14. The molecule has 0 aliphatic carbocycles. The first-order valence-corrected chi connectivity index (χ1v) is 6.87. The Hall–Kier alpha value is -1.71. The van der Waals surface area contributed by atoms with Crippen molar-refractivity contribution in [2.75, 3.05) is 17.2 Å². The van der Waals surface area contributed by atoms with Crippen LogP contribution in [0.25, 0.3) is 0 Å². The third-order valence-corrected chi connectivity index (χ3v) is 3.41. The highest BCUT2D eigenvalue weighted by molar-refractivity contribution is 5.88. The molecule has 1 aliphatic rings. The Morgan fingerprint density at radius 3 is 2.23 bits per heavy atom. The molecule has 1 amide bonds. The summed E-state index contributed by atoms with van der Waals surface area (Å²) in [6, 6.07) is 6.64. The van der Waals surface area contributed by atoms with E-state index in [1.807, 2.05) is 0 Å². The number of amides is 1. The second kappa shape index (κ2) is 7.03. The van der Waals surface area contributed by atoms with Crippen LogP contribution in [0.2, 0.25) is 0 Å². The summed E-state index contributed by atoms with van der Waals surface area (Å²) in [7, 11) is 0. The molecule has 1 aromatic rings.